The van der Waals surface area contributed by atoms with E-state index in [2.05, 4.69) is 0 Å². The van der Waals surface area contributed by atoms with Gasteiger partial charge >= 0.3 is 5.69 Å². The molecule has 0 aliphatic carbocycles. The van der Waals surface area contributed by atoms with E-state index in [4.69, 9.17) is 5.26 Å². The molecule has 0 atom stereocenters. The van der Waals surface area contributed by atoms with E-state index in [-0.39, 0.29) is 16.0 Å². The molecule has 0 amide bonds. The third-order valence-corrected chi connectivity index (χ3v) is 4.11. The molecule has 0 radical (unpaired) electrons. The number of nitrogens with one attached hydrogen (secondary N) is 1. The summed E-state index contributed by atoms with van der Waals surface area (Å²) in [5, 5.41) is 19.1. The second-order valence-electron chi connectivity index (χ2n) is 3.72. The molecule has 0 saturated carbocycles. The number of halogens is 1. The number of hydrogen-bond donors (Lipinski definition) is 1. The number of nitro groups is 1. The molecule has 1 aromatic carbocycles. The van der Waals surface area contributed by atoms with Crippen molar-refractivity contribution in [1.29, 1.82) is 5.26 Å². The number of nitrogens with zero attached hydrogens (tertiary/aromatic N) is 2. The van der Waals surface area contributed by atoms with Crippen molar-refractivity contribution in [3.63, 3.8) is 0 Å². The van der Waals surface area contributed by atoms with Gasteiger partial charge in [0.05, 0.1) is 28.0 Å². The number of benzene rings is 1. The number of hydrogen-bond acceptors (Lipinski definition) is 5. The zero-order valence-corrected chi connectivity index (χ0v) is 10.9. The minimum absolute atomic E-state index is 0.0334. The van der Waals surface area contributed by atoms with Crippen LogP contribution in [0.4, 0.5) is 10.1 Å². The van der Waals surface area contributed by atoms with Crippen LogP contribution in [-0.4, -0.2) is 19.9 Å². The van der Waals surface area contributed by atoms with E-state index in [0.717, 1.165) is 13.0 Å². The average Bonchev–Trinajstić information content (AvgIpc) is 2.24. The molecule has 0 aliphatic heterocycles. The van der Waals surface area contributed by atoms with Crippen molar-refractivity contribution in [2.45, 2.75) is 18.7 Å². The Labute approximate surface area is 108 Å². The first kappa shape index (κ1) is 15.0. The molecule has 0 bridgehead atoms. The van der Waals surface area contributed by atoms with E-state index in [1.54, 1.807) is 6.07 Å². The summed E-state index contributed by atoms with van der Waals surface area (Å²) in [5.74, 6) is -1.10. The van der Waals surface area contributed by atoms with E-state index in [1.807, 2.05) is 4.72 Å². The minimum atomic E-state index is -4.10. The van der Waals surface area contributed by atoms with Crippen LogP contribution >= 0.6 is 0 Å². The first-order valence-corrected chi connectivity index (χ1v) is 6.51. The number of nitriles is 1. The summed E-state index contributed by atoms with van der Waals surface area (Å²) in [7, 11) is -4.10. The number of rotatable bonds is 4. The molecule has 0 aromatic heterocycles. The van der Waals surface area contributed by atoms with Crippen LogP contribution < -0.4 is 4.72 Å². The standard InChI is InChI=1S/C10H10FN3O4S/c1-6-5-8(11)9(14(15)16)7(2)10(6)19(17,18)13-4-3-12/h5,13H,4H2,1-2H3. The molecule has 1 rings (SSSR count). The van der Waals surface area contributed by atoms with Gasteiger partial charge in [-0.1, -0.05) is 0 Å². The molecule has 7 nitrogen and oxygen atoms in total. The van der Waals surface area contributed by atoms with Crippen molar-refractivity contribution in [2.75, 3.05) is 6.54 Å². The van der Waals surface area contributed by atoms with E-state index in [9.17, 15) is 22.9 Å². The first-order chi connectivity index (χ1) is 8.72. The molecule has 0 fully saturated rings. The topological polar surface area (TPSA) is 113 Å². The Hall–Kier alpha value is -2.05. The van der Waals surface area contributed by atoms with Crippen molar-refractivity contribution in [3.8, 4) is 6.07 Å². The Kier molecular flexibility index (Phi) is 4.18. The fourth-order valence-corrected chi connectivity index (χ4v) is 3.12. The summed E-state index contributed by atoms with van der Waals surface area (Å²) in [5.41, 5.74) is -1.15. The quantitative estimate of drug-likeness (QED) is 0.507. The van der Waals surface area contributed by atoms with Gasteiger partial charge in [0, 0.05) is 0 Å². The average molecular weight is 287 g/mol. The molecule has 0 unspecified atom stereocenters. The van der Waals surface area contributed by atoms with Gasteiger partial charge in [-0.25, -0.2) is 8.42 Å². The van der Waals surface area contributed by atoms with Gasteiger partial charge in [0.25, 0.3) is 0 Å². The molecule has 1 aromatic rings. The molecule has 19 heavy (non-hydrogen) atoms. The van der Waals surface area contributed by atoms with Crippen LogP contribution in [0.3, 0.4) is 0 Å². The van der Waals surface area contributed by atoms with Crippen molar-refractivity contribution < 1.29 is 17.7 Å². The largest absolute Gasteiger partial charge is 0.309 e. The van der Waals surface area contributed by atoms with Gasteiger partial charge in [-0.05, 0) is 25.5 Å². The van der Waals surface area contributed by atoms with Gasteiger partial charge in [-0.3, -0.25) is 10.1 Å². The highest BCUT2D eigenvalue weighted by Crippen LogP contribution is 2.30. The molecular formula is C10H10FN3O4S. The van der Waals surface area contributed by atoms with E-state index in [0.29, 0.717) is 0 Å². The van der Waals surface area contributed by atoms with Crippen molar-refractivity contribution >= 4 is 15.7 Å². The van der Waals surface area contributed by atoms with Crippen molar-refractivity contribution in [2.24, 2.45) is 0 Å². The minimum Gasteiger partial charge on any atom is -0.258 e. The van der Waals surface area contributed by atoms with Crippen LogP contribution in [0.1, 0.15) is 11.1 Å². The molecule has 0 aliphatic rings. The second kappa shape index (κ2) is 5.29. The SMILES string of the molecule is Cc1cc(F)c([N+](=O)[O-])c(C)c1S(=O)(=O)NCC#N. The summed E-state index contributed by atoms with van der Waals surface area (Å²) in [6.45, 7) is 1.99. The summed E-state index contributed by atoms with van der Waals surface area (Å²) in [6.07, 6.45) is 0. The highest BCUT2D eigenvalue weighted by atomic mass is 32.2. The van der Waals surface area contributed by atoms with Crippen LogP contribution in [-0.2, 0) is 10.0 Å². The Balaban J connectivity index is 3.58. The predicted octanol–water partition coefficient (Wildman–Crippen LogP) is 1.15. The molecular weight excluding hydrogens is 277 g/mol. The highest BCUT2D eigenvalue weighted by molar-refractivity contribution is 7.89. The molecule has 102 valence electrons. The van der Waals surface area contributed by atoms with Crippen LogP contribution in [0.15, 0.2) is 11.0 Å². The summed E-state index contributed by atoms with van der Waals surface area (Å²) >= 11 is 0. The normalized spacial score (nSPS) is 11.1. The lowest BCUT2D eigenvalue weighted by Crippen LogP contribution is -2.26. The lowest BCUT2D eigenvalue weighted by atomic mass is 10.1. The smallest absolute Gasteiger partial charge is 0.258 e. The maximum atomic E-state index is 13.5. The fraction of sp³-hybridized carbons (Fsp3) is 0.300. The van der Waals surface area contributed by atoms with Gasteiger partial charge in [0.2, 0.25) is 15.8 Å². The molecule has 9 heteroatoms. The fourth-order valence-electron chi connectivity index (χ4n) is 1.74. The number of sulfonamides is 1. The second-order valence-corrected chi connectivity index (χ2v) is 5.42. The molecule has 0 saturated heterocycles. The van der Waals surface area contributed by atoms with Crippen LogP contribution in [0.25, 0.3) is 0 Å². The third kappa shape index (κ3) is 2.86. The predicted molar refractivity (Wildman–Crippen MR) is 63.3 cm³/mol. The molecule has 0 heterocycles. The van der Waals surface area contributed by atoms with E-state index < -0.39 is 33.0 Å². The van der Waals surface area contributed by atoms with E-state index >= 15 is 0 Å². The molecule has 0 spiro atoms. The molecule has 1 N–H and O–H groups in total. The van der Waals surface area contributed by atoms with Crippen LogP contribution in [0, 0.1) is 41.1 Å². The van der Waals surface area contributed by atoms with Gasteiger partial charge in [0.1, 0.15) is 0 Å². The van der Waals surface area contributed by atoms with Gasteiger partial charge in [0.15, 0.2) is 0 Å². The van der Waals surface area contributed by atoms with Crippen LogP contribution in [0.5, 0.6) is 0 Å². The van der Waals surface area contributed by atoms with Gasteiger partial charge in [-0.2, -0.15) is 14.4 Å². The summed E-state index contributed by atoms with van der Waals surface area (Å²) in [6, 6.07) is 2.37. The van der Waals surface area contributed by atoms with E-state index in [1.165, 1.54) is 6.92 Å². The lowest BCUT2D eigenvalue weighted by molar-refractivity contribution is -0.388. The first-order valence-electron chi connectivity index (χ1n) is 5.03. The number of aryl methyl sites for hydroxylation is 1. The van der Waals surface area contributed by atoms with Crippen molar-refractivity contribution in [3.05, 3.63) is 33.1 Å². The van der Waals surface area contributed by atoms with Gasteiger partial charge < -0.3 is 0 Å². The monoisotopic (exact) mass is 287 g/mol. The van der Waals surface area contributed by atoms with Crippen molar-refractivity contribution in [1.82, 2.24) is 4.72 Å². The Bertz CT molecular complexity index is 679. The summed E-state index contributed by atoms with van der Waals surface area (Å²) in [4.78, 5) is 9.39. The van der Waals surface area contributed by atoms with Crippen LogP contribution in [0.2, 0.25) is 0 Å². The maximum absolute atomic E-state index is 13.5. The lowest BCUT2D eigenvalue weighted by Gasteiger charge is -2.11. The maximum Gasteiger partial charge on any atom is 0.309 e. The van der Waals surface area contributed by atoms with Gasteiger partial charge in [-0.15, -0.1) is 0 Å². The Morgan fingerprint density at radius 3 is 2.58 bits per heavy atom. The Morgan fingerprint density at radius 1 is 1.53 bits per heavy atom. The Morgan fingerprint density at radius 2 is 2.11 bits per heavy atom. The third-order valence-electron chi connectivity index (χ3n) is 2.42. The zero-order valence-electron chi connectivity index (χ0n) is 10.1. The summed E-state index contributed by atoms with van der Waals surface area (Å²) < 4.78 is 39.3. The number of nitro benzene ring substituents is 1. The zero-order chi connectivity index (χ0) is 14.8. The highest BCUT2D eigenvalue weighted by Gasteiger charge is 2.29.